The molecule has 0 saturated carbocycles. The standard InChI is InChI=1S/C17H21NO3/c1-19-12-13-6-5-7-14(10-13)21-17(11-18)15-8-3-4-9-16(15)20-2/h3-10,17H,11-12,18H2,1-2H3. The Balaban J connectivity index is 2.20. The third-order valence-corrected chi connectivity index (χ3v) is 3.19. The third kappa shape index (κ3) is 3.97. The second-order valence-electron chi connectivity index (χ2n) is 4.66. The molecule has 0 aliphatic rings. The first kappa shape index (κ1) is 15.4. The molecule has 0 heterocycles. The van der Waals surface area contributed by atoms with Gasteiger partial charge in [-0.2, -0.15) is 0 Å². The molecule has 0 aromatic heterocycles. The van der Waals surface area contributed by atoms with Gasteiger partial charge < -0.3 is 19.9 Å². The van der Waals surface area contributed by atoms with E-state index in [2.05, 4.69) is 0 Å². The first-order chi connectivity index (χ1) is 10.3. The molecule has 112 valence electrons. The molecule has 0 bridgehead atoms. The van der Waals surface area contributed by atoms with Crippen LogP contribution in [0.2, 0.25) is 0 Å². The summed E-state index contributed by atoms with van der Waals surface area (Å²) in [7, 11) is 3.32. The number of hydrogen-bond donors (Lipinski definition) is 1. The number of methoxy groups -OCH3 is 2. The molecule has 0 amide bonds. The summed E-state index contributed by atoms with van der Waals surface area (Å²) in [6.45, 7) is 0.925. The highest BCUT2D eigenvalue weighted by atomic mass is 16.5. The molecular weight excluding hydrogens is 266 g/mol. The van der Waals surface area contributed by atoms with Gasteiger partial charge in [-0.25, -0.2) is 0 Å². The molecule has 2 rings (SSSR count). The molecule has 2 aromatic rings. The van der Waals surface area contributed by atoms with Crippen LogP contribution in [-0.2, 0) is 11.3 Å². The minimum Gasteiger partial charge on any atom is -0.496 e. The molecular formula is C17H21NO3. The Morgan fingerprint density at radius 3 is 2.57 bits per heavy atom. The van der Waals surface area contributed by atoms with Crippen molar-refractivity contribution in [3.63, 3.8) is 0 Å². The van der Waals surface area contributed by atoms with Crippen molar-refractivity contribution in [3.05, 3.63) is 59.7 Å². The fourth-order valence-corrected chi connectivity index (χ4v) is 2.21. The average Bonchev–Trinajstić information content (AvgIpc) is 2.53. The van der Waals surface area contributed by atoms with E-state index < -0.39 is 0 Å². The van der Waals surface area contributed by atoms with E-state index in [0.717, 1.165) is 22.6 Å². The molecule has 0 saturated heterocycles. The number of rotatable bonds is 7. The SMILES string of the molecule is COCc1cccc(OC(CN)c2ccccc2OC)c1. The molecule has 2 aromatic carbocycles. The number of para-hydroxylation sites is 1. The van der Waals surface area contributed by atoms with Gasteiger partial charge in [-0.05, 0) is 23.8 Å². The van der Waals surface area contributed by atoms with Gasteiger partial charge >= 0.3 is 0 Å². The summed E-state index contributed by atoms with van der Waals surface area (Å²) in [5.41, 5.74) is 7.87. The Morgan fingerprint density at radius 1 is 1.05 bits per heavy atom. The predicted octanol–water partition coefficient (Wildman–Crippen LogP) is 2.92. The van der Waals surface area contributed by atoms with Crippen molar-refractivity contribution in [2.24, 2.45) is 5.73 Å². The fourth-order valence-electron chi connectivity index (χ4n) is 2.21. The Labute approximate surface area is 125 Å². The molecule has 4 nitrogen and oxygen atoms in total. The van der Waals surface area contributed by atoms with Crippen LogP contribution in [0.25, 0.3) is 0 Å². The van der Waals surface area contributed by atoms with E-state index in [0.29, 0.717) is 13.2 Å². The van der Waals surface area contributed by atoms with Crippen molar-refractivity contribution in [3.8, 4) is 11.5 Å². The lowest BCUT2D eigenvalue weighted by molar-refractivity contribution is 0.182. The minimum atomic E-state index is -0.251. The normalized spacial score (nSPS) is 12.0. The monoisotopic (exact) mass is 287 g/mol. The maximum absolute atomic E-state index is 6.02. The summed E-state index contributed by atoms with van der Waals surface area (Å²) in [4.78, 5) is 0. The maximum Gasteiger partial charge on any atom is 0.139 e. The topological polar surface area (TPSA) is 53.7 Å². The van der Waals surface area contributed by atoms with E-state index in [1.807, 2.05) is 48.5 Å². The van der Waals surface area contributed by atoms with Crippen LogP contribution >= 0.6 is 0 Å². The highest BCUT2D eigenvalue weighted by Gasteiger charge is 2.16. The van der Waals surface area contributed by atoms with Gasteiger partial charge in [-0.1, -0.05) is 30.3 Å². The molecule has 1 atom stereocenters. The summed E-state index contributed by atoms with van der Waals surface area (Å²) < 4.78 is 16.5. The summed E-state index contributed by atoms with van der Waals surface area (Å²) >= 11 is 0. The molecule has 0 aliphatic carbocycles. The quantitative estimate of drug-likeness (QED) is 0.850. The van der Waals surface area contributed by atoms with Crippen LogP contribution in [0.4, 0.5) is 0 Å². The van der Waals surface area contributed by atoms with Crippen molar-refractivity contribution < 1.29 is 14.2 Å². The minimum absolute atomic E-state index is 0.251. The molecule has 0 spiro atoms. The first-order valence-electron chi connectivity index (χ1n) is 6.86. The average molecular weight is 287 g/mol. The molecule has 0 fully saturated rings. The molecule has 4 heteroatoms. The molecule has 2 N–H and O–H groups in total. The molecule has 1 unspecified atom stereocenters. The smallest absolute Gasteiger partial charge is 0.139 e. The van der Waals surface area contributed by atoms with Crippen molar-refractivity contribution >= 4 is 0 Å². The van der Waals surface area contributed by atoms with Crippen molar-refractivity contribution in [2.45, 2.75) is 12.7 Å². The number of hydrogen-bond acceptors (Lipinski definition) is 4. The van der Waals surface area contributed by atoms with Gasteiger partial charge in [0.2, 0.25) is 0 Å². The van der Waals surface area contributed by atoms with Crippen LogP contribution in [-0.4, -0.2) is 20.8 Å². The van der Waals surface area contributed by atoms with Gasteiger partial charge in [-0.15, -0.1) is 0 Å². The zero-order chi connectivity index (χ0) is 15.1. The van der Waals surface area contributed by atoms with E-state index in [-0.39, 0.29) is 6.10 Å². The van der Waals surface area contributed by atoms with Crippen LogP contribution in [0.15, 0.2) is 48.5 Å². The van der Waals surface area contributed by atoms with Crippen LogP contribution < -0.4 is 15.2 Å². The molecule has 0 aliphatic heterocycles. The Morgan fingerprint density at radius 2 is 1.86 bits per heavy atom. The van der Waals surface area contributed by atoms with Gasteiger partial charge in [0.1, 0.15) is 17.6 Å². The highest BCUT2D eigenvalue weighted by molar-refractivity contribution is 5.37. The fraction of sp³-hybridized carbons (Fsp3) is 0.294. The second-order valence-corrected chi connectivity index (χ2v) is 4.66. The van der Waals surface area contributed by atoms with Gasteiger partial charge in [0.25, 0.3) is 0 Å². The molecule has 0 radical (unpaired) electrons. The zero-order valence-electron chi connectivity index (χ0n) is 12.4. The van der Waals surface area contributed by atoms with Crippen LogP contribution in [0.1, 0.15) is 17.2 Å². The number of benzene rings is 2. The molecule has 21 heavy (non-hydrogen) atoms. The maximum atomic E-state index is 6.02. The predicted molar refractivity (Wildman–Crippen MR) is 82.6 cm³/mol. The van der Waals surface area contributed by atoms with E-state index in [1.54, 1.807) is 14.2 Å². The van der Waals surface area contributed by atoms with Crippen molar-refractivity contribution in [2.75, 3.05) is 20.8 Å². The summed E-state index contributed by atoms with van der Waals surface area (Å²) in [6, 6.07) is 15.6. The summed E-state index contributed by atoms with van der Waals surface area (Å²) in [6.07, 6.45) is -0.251. The second kappa shape index (κ2) is 7.67. The van der Waals surface area contributed by atoms with E-state index in [4.69, 9.17) is 19.9 Å². The summed E-state index contributed by atoms with van der Waals surface area (Å²) in [5.74, 6) is 1.55. The van der Waals surface area contributed by atoms with Gasteiger partial charge in [0.15, 0.2) is 0 Å². The van der Waals surface area contributed by atoms with Gasteiger partial charge in [0.05, 0.1) is 13.7 Å². The zero-order valence-corrected chi connectivity index (χ0v) is 12.4. The van der Waals surface area contributed by atoms with E-state index >= 15 is 0 Å². The van der Waals surface area contributed by atoms with E-state index in [1.165, 1.54) is 0 Å². The van der Waals surface area contributed by atoms with Crippen LogP contribution in [0.3, 0.4) is 0 Å². The largest absolute Gasteiger partial charge is 0.496 e. The Kier molecular flexibility index (Phi) is 5.60. The van der Waals surface area contributed by atoms with Crippen molar-refractivity contribution in [1.29, 1.82) is 0 Å². The lowest BCUT2D eigenvalue weighted by Gasteiger charge is -2.20. The van der Waals surface area contributed by atoms with Crippen LogP contribution in [0, 0.1) is 0 Å². The van der Waals surface area contributed by atoms with Gasteiger partial charge in [-0.3, -0.25) is 0 Å². The number of nitrogens with two attached hydrogens (primary N) is 1. The Bertz CT molecular complexity index is 571. The summed E-state index contributed by atoms with van der Waals surface area (Å²) in [5, 5.41) is 0. The van der Waals surface area contributed by atoms with Crippen LogP contribution in [0.5, 0.6) is 11.5 Å². The van der Waals surface area contributed by atoms with Crippen molar-refractivity contribution in [1.82, 2.24) is 0 Å². The third-order valence-electron chi connectivity index (χ3n) is 3.19. The Hall–Kier alpha value is -2.04. The van der Waals surface area contributed by atoms with E-state index in [9.17, 15) is 0 Å². The first-order valence-corrected chi connectivity index (χ1v) is 6.86. The lowest BCUT2D eigenvalue weighted by atomic mass is 10.1. The number of ether oxygens (including phenoxy) is 3. The lowest BCUT2D eigenvalue weighted by Crippen LogP contribution is -2.19. The highest BCUT2D eigenvalue weighted by Crippen LogP contribution is 2.28. The van der Waals surface area contributed by atoms with Gasteiger partial charge in [0, 0.05) is 19.2 Å².